The van der Waals surface area contributed by atoms with Gasteiger partial charge in [0.25, 0.3) is 0 Å². The molecule has 0 bridgehead atoms. The molecule has 3 aromatic rings. The number of hydrogen-bond donors (Lipinski definition) is 1. The molecule has 0 amide bonds. The fourth-order valence-corrected chi connectivity index (χ4v) is 3.84. The largest absolute Gasteiger partial charge is 0.357 e. The summed E-state index contributed by atoms with van der Waals surface area (Å²) in [6, 6.07) is 7.35. The van der Waals surface area contributed by atoms with Gasteiger partial charge in [0.05, 0.1) is 5.69 Å². The minimum atomic E-state index is -0.654. The molecular formula is C22H24F2N6. The van der Waals surface area contributed by atoms with Crippen molar-refractivity contribution in [1.29, 1.82) is 0 Å². The van der Waals surface area contributed by atoms with Gasteiger partial charge in [-0.3, -0.25) is 0 Å². The fourth-order valence-electron chi connectivity index (χ4n) is 3.84. The second-order valence-corrected chi connectivity index (χ2v) is 8.35. The predicted octanol–water partition coefficient (Wildman–Crippen LogP) is 4.80. The summed E-state index contributed by atoms with van der Waals surface area (Å²) in [6.07, 6.45) is 6.13. The van der Waals surface area contributed by atoms with Gasteiger partial charge in [0.1, 0.15) is 23.8 Å². The van der Waals surface area contributed by atoms with Crippen molar-refractivity contribution in [1.82, 2.24) is 19.7 Å². The van der Waals surface area contributed by atoms with E-state index in [1.807, 2.05) is 6.07 Å². The summed E-state index contributed by atoms with van der Waals surface area (Å²) in [5, 5.41) is 7.56. The Balaban J connectivity index is 1.40. The lowest BCUT2D eigenvalue weighted by molar-refractivity contribution is 0.436. The molecule has 8 heteroatoms. The molecule has 1 saturated carbocycles. The summed E-state index contributed by atoms with van der Waals surface area (Å²) in [7, 11) is 0. The van der Waals surface area contributed by atoms with Crippen LogP contribution in [0.4, 0.5) is 26.2 Å². The third kappa shape index (κ3) is 4.13. The summed E-state index contributed by atoms with van der Waals surface area (Å²) in [6.45, 7) is 4.32. The number of nitrogens with zero attached hydrogens (tertiary/aromatic N) is 5. The zero-order valence-corrected chi connectivity index (χ0v) is 16.9. The highest BCUT2D eigenvalue weighted by molar-refractivity contribution is 5.60. The van der Waals surface area contributed by atoms with Crippen molar-refractivity contribution in [3.8, 4) is 5.69 Å². The van der Waals surface area contributed by atoms with Crippen LogP contribution in [0.25, 0.3) is 5.69 Å². The number of rotatable bonds is 5. The average molecular weight is 410 g/mol. The first-order chi connectivity index (χ1) is 14.5. The summed E-state index contributed by atoms with van der Waals surface area (Å²) >= 11 is 0. The predicted molar refractivity (Wildman–Crippen MR) is 111 cm³/mol. The Hall–Kier alpha value is -3.03. The van der Waals surface area contributed by atoms with Crippen LogP contribution in [-0.4, -0.2) is 32.8 Å². The maximum absolute atomic E-state index is 13.5. The molecule has 1 saturated heterocycles. The molecule has 6 nitrogen and oxygen atoms in total. The molecule has 0 unspecified atom stereocenters. The van der Waals surface area contributed by atoms with Crippen LogP contribution in [0.15, 0.2) is 36.7 Å². The van der Waals surface area contributed by atoms with Crippen LogP contribution in [0, 0.1) is 17.6 Å². The first kappa shape index (κ1) is 19.0. The van der Waals surface area contributed by atoms with Gasteiger partial charge in [-0.15, -0.1) is 5.10 Å². The van der Waals surface area contributed by atoms with Crippen molar-refractivity contribution < 1.29 is 8.78 Å². The fraction of sp³-hybridized carbons (Fsp3) is 0.409. The van der Waals surface area contributed by atoms with E-state index in [2.05, 4.69) is 33.3 Å². The maximum atomic E-state index is 13.5. The monoisotopic (exact) mass is 410 g/mol. The number of piperidine rings is 1. The van der Waals surface area contributed by atoms with E-state index in [1.165, 1.54) is 48.8 Å². The van der Waals surface area contributed by atoms with Crippen molar-refractivity contribution >= 4 is 17.5 Å². The molecule has 30 heavy (non-hydrogen) atoms. The maximum Gasteiger partial charge on any atom is 0.246 e. The second kappa shape index (κ2) is 7.66. The number of aromatic nitrogens is 4. The Morgan fingerprint density at radius 3 is 2.40 bits per heavy atom. The Morgan fingerprint density at radius 1 is 0.967 bits per heavy atom. The minimum Gasteiger partial charge on any atom is -0.357 e. The molecular weight excluding hydrogens is 386 g/mol. The number of benzene rings is 1. The summed E-state index contributed by atoms with van der Waals surface area (Å²) in [4.78, 5) is 11.5. The van der Waals surface area contributed by atoms with Crippen LogP contribution in [0.3, 0.4) is 0 Å². The Kier molecular flexibility index (Phi) is 4.84. The Labute approximate surface area is 174 Å². The second-order valence-electron chi connectivity index (χ2n) is 8.35. The van der Waals surface area contributed by atoms with Gasteiger partial charge in [0.2, 0.25) is 5.95 Å². The highest BCUT2D eigenvalue weighted by atomic mass is 19.1. The summed E-state index contributed by atoms with van der Waals surface area (Å²) < 4.78 is 28.4. The van der Waals surface area contributed by atoms with Gasteiger partial charge < -0.3 is 10.2 Å². The van der Waals surface area contributed by atoms with Crippen LogP contribution in [-0.2, 0) is 0 Å². The van der Waals surface area contributed by atoms with Crippen LogP contribution >= 0.6 is 0 Å². The highest BCUT2D eigenvalue weighted by Crippen LogP contribution is 2.41. The van der Waals surface area contributed by atoms with E-state index >= 15 is 0 Å². The number of hydrogen-bond acceptors (Lipinski definition) is 5. The van der Waals surface area contributed by atoms with E-state index in [9.17, 15) is 8.78 Å². The van der Waals surface area contributed by atoms with E-state index in [0.29, 0.717) is 11.9 Å². The zero-order chi connectivity index (χ0) is 20.7. The van der Waals surface area contributed by atoms with Gasteiger partial charge in [-0.25, -0.2) is 18.4 Å². The molecule has 0 spiro atoms. The standard InChI is InChI=1S/C22H24F2N6/c1-14-4-6-29(7-5-14)21-12-18(11-20(27-21)15-2-3-15)26-22-25-13-30(28-22)19-9-16(23)8-17(24)10-19/h8-15H,2-7H2,1H3,(H,26,27,28). The first-order valence-corrected chi connectivity index (χ1v) is 10.5. The van der Waals surface area contributed by atoms with E-state index in [-0.39, 0.29) is 5.69 Å². The quantitative estimate of drug-likeness (QED) is 0.655. The van der Waals surface area contributed by atoms with Gasteiger partial charge in [-0.2, -0.15) is 4.98 Å². The Morgan fingerprint density at radius 2 is 1.70 bits per heavy atom. The molecule has 5 rings (SSSR count). The van der Waals surface area contributed by atoms with Crippen molar-refractivity contribution in [3.05, 3.63) is 54.0 Å². The van der Waals surface area contributed by atoms with Gasteiger partial charge in [-0.05, 0) is 49.8 Å². The van der Waals surface area contributed by atoms with Gasteiger partial charge >= 0.3 is 0 Å². The van der Waals surface area contributed by atoms with E-state index < -0.39 is 11.6 Å². The zero-order valence-electron chi connectivity index (χ0n) is 16.9. The molecule has 2 fully saturated rings. The molecule has 3 heterocycles. The third-order valence-corrected chi connectivity index (χ3v) is 5.79. The lowest BCUT2D eigenvalue weighted by Gasteiger charge is -2.31. The van der Waals surface area contributed by atoms with E-state index in [4.69, 9.17) is 4.98 Å². The number of pyridine rings is 1. The van der Waals surface area contributed by atoms with Crippen molar-refractivity contribution in [2.75, 3.05) is 23.3 Å². The first-order valence-electron chi connectivity index (χ1n) is 10.5. The molecule has 1 aliphatic heterocycles. The summed E-state index contributed by atoms with van der Waals surface area (Å²) in [5.41, 5.74) is 2.26. The third-order valence-electron chi connectivity index (χ3n) is 5.79. The van der Waals surface area contributed by atoms with Crippen LogP contribution in [0.1, 0.15) is 44.2 Å². The van der Waals surface area contributed by atoms with Gasteiger partial charge in [-0.1, -0.05) is 6.92 Å². The smallest absolute Gasteiger partial charge is 0.246 e. The van der Waals surface area contributed by atoms with Crippen molar-refractivity contribution in [2.45, 2.75) is 38.5 Å². The SMILES string of the molecule is CC1CCN(c2cc(Nc3ncn(-c4cc(F)cc(F)c4)n3)cc(C3CC3)n2)CC1. The molecule has 2 aliphatic rings. The molecule has 0 atom stereocenters. The average Bonchev–Trinajstić information content (AvgIpc) is 3.47. The van der Waals surface area contributed by atoms with Gasteiger partial charge in [0, 0.05) is 42.5 Å². The Bertz CT molecular complexity index is 1030. The molecule has 2 aromatic heterocycles. The number of halogens is 2. The van der Waals surface area contributed by atoms with Crippen LogP contribution in [0.5, 0.6) is 0 Å². The van der Waals surface area contributed by atoms with E-state index in [1.54, 1.807) is 0 Å². The molecule has 156 valence electrons. The molecule has 1 N–H and O–H groups in total. The number of anilines is 3. The van der Waals surface area contributed by atoms with Crippen LogP contribution in [0.2, 0.25) is 0 Å². The van der Waals surface area contributed by atoms with Crippen LogP contribution < -0.4 is 10.2 Å². The van der Waals surface area contributed by atoms with E-state index in [0.717, 1.165) is 42.3 Å². The normalized spacial score (nSPS) is 17.4. The van der Waals surface area contributed by atoms with Gasteiger partial charge in [0.15, 0.2) is 0 Å². The highest BCUT2D eigenvalue weighted by Gasteiger charge is 2.27. The lowest BCUT2D eigenvalue weighted by Crippen LogP contribution is -2.33. The topological polar surface area (TPSA) is 58.9 Å². The molecule has 0 radical (unpaired) electrons. The number of nitrogens with one attached hydrogen (secondary N) is 1. The minimum absolute atomic E-state index is 0.282. The van der Waals surface area contributed by atoms with Crippen molar-refractivity contribution in [2.24, 2.45) is 5.92 Å². The molecule has 1 aliphatic carbocycles. The van der Waals surface area contributed by atoms with Crippen molar-refractivity contribution in [3.63, 3.8) is 0 Å². The lowest BCUT2D eigenvalue weighted by atomic mass is 9.99. The molecule has 1 aromatic carbocycles. The summed E-state index contributed by atoms with van der Waals surface area (Å²) in [5.74, 6) is 1.32.